The molecule has 0 radical (unpaired) electrons. The highest BCUT2D eigenvalue weighted by molar-refractivity contribution is 7.17. The molecule has 1 aromatic heterocycles. The van der Waals surface area contributed by atoms with E-state index in [1.165, 1.54) is 9.78 Å². The highest BCUT2D eigenvalue weighted by Crippen LogP contribution is 2.39. The fourth-order valence-electron chi connectivity index (χ4n) is 3.87. The number of halogens is 1. The summed E-state index contributed by atoms with van der Waals surface area (Å²) in [6, 6.07) is 6.96. The molecule has 2 heterocycles. The van der Waals surface area contributed by atoms with E-state index in [2.05, 4.69) is 5.32 Å². The molecule has 1 aromatic carbocycles. The second-order valence-corrected chi connectivity index (χ2v) is 8.88. The second-order valence-electron chi connectivity index (χ2n) is 7.34. The average molecular weight is 420 g/mol. The van der Waals surface area contributed by atoms with Gasteiger partial charge >= 0.3 is 0 Å². The van der Waals surface area contributed by atoms with E-state index in [9.17, 15) is 9.59 Å². The first kappa shape index (κ1) is 19.6. The van der Waals surface area contributed by atoms with Gasteiger partial charge in [0.05, 0.1) is 18.8 Å². The van der Waals surface area contributed by atoms with Crippen molar-refractivity contribution >= 4 is 39.6 Å². The molecule has 1 aliphatic heterocycles. The lowest BCUT2D eigenvalue weighted by molar-refractivity contribution is -0.899. The molecular weight excluding hydrogens is 396 g/mol. The molecule has 0 atom stereocenters. The first-order chi connectivity index (χ1) is 13.6. The first-order valence-corrected chi connectivity index (χ1v) is 11.0. The van der Waals surface area contributed by atoms with Gasteiger partial charge in [0.2, 0.25) is 0 Å². The third-order valence-electron chi connectivity index (χ3n) is 5.37. The van der Waals surface area contributed by atoms with Crippen LogP contribution in [0, 0.1) is 0 Å². The maximum absolute atomic E-state index is 13.3. The lowest BCUT2D eigenvalue weighted by Gasteiger charge is -2.23. The largest absolute Gasteiger partial charge is 0.370 e. The first-order valence-electron chi connectivity index (χ1n) is 9.78. The number of morpholine rings is 1. The number of amides is 1. The van der Waals surface area contributed by atoms with E-state index < -0.39 is 0 Å². The minimum absolute atomic E-state index is 0.0370. The van der Waals surface area contributed by atoms with Gasteiger partial charge < -0.3 is 15.0 Å². The highest BCUT2D eigenvalue weighted by atomic mass is 35.5. The Bertz CT molecular complexity index is 873. The Labute approximate surface area is 173 Å². The molecule has 0 spiro atoms. The zero-order valence-electron chi connectivity index (χ0n) is 15.7. The van der Waals surface area contributed by atoms with E-state index in [-0.39, 0.29) is 11.7 Å². The quantitative estimate of drug-likeness (QED) is 0.731. The van der Waals surface area contributed by atoms with Crippen LogP contribution in [-0.2, 0) is 22.4 Å². The zero-order chi connectivity index (χ0) is 19.5. The van der Waals surface area contributed by atoms with Crippen LogP contribution in [0.5, 0.6) is 0 Å². The van der Waals surface area contributed by atoms with E-state index in [0.29, 0.717) is 40.9 Å². The number of rotatable bonds is 5. The van der Waals surface area contributed by atoms with Crippen LogP contribution in [0.1, 0.15) is 39.2 Å². The molecule has 5 nitrogen and oxygen atoms in total. The number of hydrogen-bond donors (Lipinski definition) is 2. The predicted molar refractivity (Wildman–Crippen MR) is 111 cm³/mol. The number of ketones is 1. The molecule has 1 fully saturated rings. The van der Waals surface area contributed by atoms with Crippen LogP contribution in [0.25, 0.3) is 0 Å². The van der Waals surface area contributed by atoms with Crippen LogP contribution in [-0.4, -0.2) is 44.5 Å². The monoisotopic (exact) mass is 419 g/mol. The minimum Gasteiger partial charge on any atom is -0.370 e. The normalized spacial score (nSPS) is 17.2. The van der Waals surface area contributed by atoms with Crippen molar-refractivity contribution in [3.63, 3.8) is 0 Å². The molecule has 0 unspecified atom stereocenters. The van der Waals surface area contributed by atoms with E-state index in [4.69, 9.17) is 16.3 Å². The molecule has 2 aromatic rings. The Morgan fingerprint density at radius 1 is 1.11 bits per heavy atom. The van der Waals surface area contributed by atoms with Crippen LogP contribution < -0.4 is 10.2 Å². The van der Waals surface area contributed by atoms with Gasteiger partial charge in [-0.1, -0.05) is 11.6 Å². The number of carbonyl (C=O) groups excluding carboxylic acids is 2. The fourth-order valence-corrected chi connectivity index (χ4v) is 5.30. The van der Waals surface area contributed by atoms with E-state index in [0.717, 1.165) is 44.3 Å². The number of hydrogen-bond acceptors (Lipinski definition) is 4. The van der Waals surface area contributed by atoms with Gasteiger partial charge in [0.15, 0.2) is 12.3 Å². The molecule has 7 heteroatoms. The van der Waals surface area contributed by atoms with E-state index >= 15 is 0 Å². The molecule has 2 N–H and O–H groups in total. The summed E-state index contributed by atoms with van der Waals surface area (Å²) >= 11 is 7.54. The molecule has 1 amide bonds. The Morgan fingerprint density at radius 3 is 2.57 bits per heavy atom. The number of fused-ring (bicyclic) bond motifs is 1. The lowest BCUT2D eigenvalue weighted by atomic mass is 9.92. The Balaban J connectivity index is 1.59. The smallest absolute Gasteiger partial charge is 0.280 e. The van der Waals surface area contributed by atoms with Gasteiger partial charge in [-0.3, -0.25) is 9.59 Å². The van der Waals surface area contributed by atoms with E-state index in [1.54, 1.807) is 35.6 Å². The Kier molecular flexibility index (Phi) is 6.11. The summed E-state index contributed by atoms with van der Waals surface area (Å²) in [6.07, 6.45) is 4.08. The van der Waals surface area contributed by atoms with Crippen molar-refractivity contribution in [2.45, 2.75) is 25.7 Å². The fraction of sp³-hybridized carbons (Fsp3) is 0.429. The molecule has 148 valence electrons. The van der Waals surface area contributed by atoms with Crippen LogP contribution >= 0.6 is 22.9 Å². The van der Waals surface area contributed by atoms with Crippen molar-refractivity contribution in [3.05, 3.63) is 50.9 Å². The summed E-state index contributed by atoms with van der Waals surface area (Å²) in [7, 11) is 0. The van der Waals surface area contributed by atoms with Crippen LogP contribution in [0.2, 0.25) is 5.02 Å². The van der Waals surface area contributed by atoms with Crippen molar-refractivity contribution in [1.82, 2.24) is 0 Å². The van der Waals surface area contributed by atoms with Crippen molar-refractivity contribution < 1.29 is 19.2 Å². The number of carbonyl (C=O) groups is 2. The van der Waals surface area contributed by atoms with Crippen molar-refractivity contribution in [1.29, 1.82) is 0 Å². The van der Waals surface area contributed by atoms with Crippen LogP contribution in [0.3, 0.4) is 0 Å². The lowest BCUT2D eigenvalue weighted by Crippen LogP contribution is -3.15. The summed E-state index contributed by atoms with van der Waals surface area (Å²) in [5.74, 6) is -0.0780. The van der Waals surface area contributed by atoms with Gasteiger partial charge in [0.25, 0.3) is 5.91 Å². The van der Waals surface area contributed by atoms with Gasteiger partial charge in [0.1, 0.15) is 18.1 Å². The van der Waals surface area contributed by atoms with Gasteiger partial charge in [-0.05, 0) is 55.5 Å². The third-order valence-corrected chi connectivity index (χ3v) is 6.83. The van der Waals surface area contributed by atoms with Gasteiger partial charge in [0, 0.05) is 15.5 Å². The number of nitrogens with one attached hydrogen (secondary N) is 2. The number of thiophene rings is 1. The SMILES string of the molecule is O=C(C[NH+]1CCOCC1)Nc1sc2c(c1C(=O)c1ccc(Cl)cc1)CCCC2. The zero-order valence-corrected chi connectivity index (χ0v) is 17.3. The molecule has 1 aliphatic carbocycles. The van der Waals surface area contributed by atoms with Gasteiger partial charge in [-0.25, -0.2) is 0 Å². The maximum atomic E-state index is 13.3. The van der Waals surface area contributed by atoms with Crippen molar-refractivity contribution in [3.8, 4) is 0 Å². The molecule has 0 saturated carbocycles. The standard InChI is InChI=1S/C21H23ClN2O3S/c22-15-7-5-14(6-8-15)20(26)19-16-3-1-2-4-17(16)28-21(19)23-18(25)13-24-9-11-27-12-10-24/h5-8H,1-4,9-13H2,(H,23,25)/p+1. The number of quaternary nitrogens is 1. The third kappa shape index (κ3) is 4.30. The predicted octanol–water partition coefficient (Wildman–Crippen LogP) is 2.36. The summed E-state index contributed by atoms with van der Waals surface area (Å²) in [5, 5.41) is 4.35. The molecular formula is C21H24ClN2O3S+. The summed E-state index contributed by atoms with van der Waals surface area (Å²) in [6.45, 7) is 3.46. The van der Waals surface area contributed by atoms with Crippen molar-refractivity contribution in [2.75, 3.05) is 38.2 Å². The van der Waals surface area contributed by atoms with Crippen LogP contribution in [0.15, 0.2) is 24.3 Å². The molecule has 4 rings (SSSR count). The van der Waals surface area contributed by atoms with Gasteiger partial charge in [-0.2, -0.15) is 0 Å². The number of anilines is 1. The Hall–Kier alpha value is -1.73. The molecule has 1 saturated heterocycles. The molecule has 2 aliphatic rings. The highest BCUT2D eigenvalue weighted by Gasteiger charge is 2.28. The number of benzene rings is 1. The summed E-state index contributed by atoms with van der Waals surface area (Å²) < 4.78 is 5.36. The topological polar surface area (TPSA) is 59.8 Å². The summed E-state index contributed by atoms with van der Waals surface area (Å²) in [4.78, 5) is 28.4. The molecule has 0 bridgehead atoms. The average Bonchev–Trinajstić information content (AvgIpc) is 3.06. The minimum atomic E-state index is -0.0411. The maximum Gasteiger partial charge on any atom is 0.280 e. The van der Waals surface area contributed by atoms with Gasteiger partial charge in [-0.15, -0.1) is 11.3 Å². The Morgan fingerprint density at radius 2 is 1.82 bits per heavy atom. The van der Waals surface area contributed by atoms with E-state index in [1.807, 2.05) is 0 Å². The second kappa shape index (κ2) is 8.74. The van der Waals surface area contributed by atoms with Crippen LogP contribution in [0.4, 0.5) is 5.00 Å². The molecule has 28 heavy (non-hydrogen) atoms. The summed E-state index contributed by atoms with van der Waals surface area (Å²) in [5.41, 5.74) is 2.39. The van der Waals surface area contributed by atoms with Crippen molar-refractivity contribution in [2.24, 2.45) is 0 Å². The number of ether oxygens (including phenoxy) is 1. The number of aryl methyl sites for hydroxylation is 1.